The highest BCUT2D eigenvalue weighted by Crippen LogP contribution is 2.28. The van der Waals surface area contributed by atoms with E-state index in [0.29, 0.717) is 30.1 Å². The van der Waals surface area contributed by atoms with Crippen molar-refractivity contribution in [2.45, 2.75) is 26.3 Å². The first kappa shape index (κ1) is 20.2. The second kappa shape index (κ2) is 9.56. The van der Waals surface area contributed by atoms with Crippen LogP contribution in [-0.4, -0.2) is 31.5 Å². The van der Waals surface area contributed by atoms with E-state index < -0.39 is 6.04 Å². The van der Waals surface area contributed by atoms with Crippen molar-refractivity contribution in [1.82, 2.24) is 5.32 Å². The molecule has 7 heteroatoms. The highest BCUT2D eigenvalue weighted by molar-refractivity contribution is 5.90. The molecule has 6 nitrogen and oxygen atoms in total. The van der Waals surface area contributed by atoms with Gasteiger partial charge in [-0.1, -0.05) is 12.1 Å². The third-order valence-electron chi connectivity index (χ3n) is 3.91. The number of hydrogen-bond acceptors (Lipinski definition) is 4. The number of hydrogen-bond donors (Lipinski definition) is 3. The number of ether oxygens (including phenoxy) is 1. The van der Waals surface area contributed by atoms with Crippen molar-refractivity contribution in [3.63, 3.8) is 0 Å². The van der Waals surface area contributed by atoms with Gasteiger partial charge in [0.15, 0.2) is 0 Å². The van der Waals surface area contributed by atoms with Gasteiger partial charge in [0.25, 0.3) is 0 Å². The van der Waals surface area contributed by atoms with Crippen LogP contribution in [0.1, 0.15) is 19.4 Å². The first-order valence-electron chi connectivity index (χ1n) is 8.63. The summed E-state index contributed by atoms with van der Waals surface area (Å²) in [5.41, 5.74) is 2.15. The van der Waals surface area contributed by atoms with Crippen LogP contribution in [0.4, 0.5) is 15.8 Å². The maximum absolute atomic E-state index is 12.9. The highest BCUT2D eigenvalue weighted by Gasteiger charge is 2.15. The van der Waals surface area contributed by atoms with Gasteiger partial charge in [0.1, 0.15) is 17.6 Å². The minimum atomic E-state index is -0.514. The Morgan fingerprint density at radius 3 is 2.48 bits per heavy atom. The number of carbonyl (C=O) groups is 2. The Hall–Kier alpha value is -3.09. The van der Waals surface area contributed by atoms with Crippen LogP contribution in [0.5, 0.6) is 5.75 Å². The normalized spacial score (nSPS) is 11.4. The fourth-order valence-corrected chi connectivity index (χ4v) is 2.53. The van der Waals surface area contributed by atoms with Gasteiger partial charge in [0, 0.05) is 19.2 Å². The summed E-state index contributed by atoms with van der Waals surface area (Å²) in [4.78, 5) is 23.5. The van der Waals surface area contributed by atoms with E-state index in [4.69, 9.17) is 4.74 Å². The zero-order chi connectivity index (χ0) is 19.8. The van der Waals surface area contributed by atoms with E-state index in [1.807, 2.05) is 0 Å². The lowest BCUT2D eigenvalue weighted by atomic mass is 10.1. The largest absolute Gasteiger partial charge is 0.495 e. The lowest BCUT2D eigenvalue weighted by Gasteiger charge is -2.18. The number of anilines is 2. The van der Waals surface area contributed by atoms with Crippen LogP contribution in [-0.2, 0) is 16.0 Å². The van der Waals surface area contributed by atoms with E-state index in [9.17, 15) is 14.0 Å². The number of halogens is 1. The monoisotopic (exact) mass is 373 g/mol. The number of methoxy groups -OCH3 is 1. The molecular formula is C20H24FN3O3. The molecule has 3 N–H and O–H groups in total. The van der Waals surface area contributed by atoms with Crippen molar-refractivity contribution in [3.8, 4) is 5.75 Å². The van der Waals surface area contributed by atoms with Crippen molar-refractivity contribution in [2.24, 2.45) is 0 Å². The van der Waals surface area contributed by atoms with Crippen LogP contribution in [0.2, 0.25) is 0 Å². The van der Waals surface area contributed by atoms with Crippen LogP contribution in [0.25, 0.3) is 0 Å². The van der Waals surface area contributed by atoms with Gasteiger partial charge in [-0.3, -0.25) is 9.59 Å². The lowest BCUT2D eigenvalue weighted by Crippen LogP contribution is -2.38. The van der Waals surface area contributed by atoms with E-state index in [0.717, 1.165) is 5.56 Å². The van der Waals surface area contributed by atoms with Crippen molar-refractivity contribution in [3.05, 3.63) is 53.8 Å². The van der Waals surface area contributed by atoms with Gasteiger partial charge in [-0.05, 0) is 49.2 Å². The van der Waals surface area contributed by atoms with Gasteiger partial charge in [-0.15, -0.1) is 0 Å². The molecule has 0 radical (unpaired) electrons. The second-order valence-electron chi connectivity index (χ2n) is 6.13. The van der Waals surface area contributed by atoms with Gasteiger partial charge >= 0.3 is 0 Å². The van der Waals surface area contributed by atoms with E-state index in [1.54, 1.807) is 37.3 Å². The molecule has 2 rings (SSSR count). The summed E-state index contributed by atoms with van der Waals surface area (Å²) in [5, 5.41) is 8.63. The van der Waals surface area contributed by atoms with Crippen molar-refractivity contribution in [1.29, 1.82) is 0 Å². The van der Waals surface area contributed by atoms with E-state index in [1.165, 1.54) is 26.2 Å². The molecule has 0 bridgehead atoms. The molecule has 0 aliphatic heterocycles. The molecule has 0 aliphatic rings. The summed E-state index contributed by atoms with van der Waals surface area (Å²) >= 11 is 0. The lowest BCUT2D eigenvalue weighted by molar-refractivity contribution is -0.121. The Morgan fingerprint density at radius 1 is 1.15 bits per heavy atom. The summed E-state index contributed by atoms with van der Waals surface area (Å²) in [6.07, 6.45) is 0.611. The summed E-state index contributed by atoms with van der Waals surface area (Å²) in [5.74, 6) is -0.0760. The second-order valence-corrected chi connectivity index (χ2v) is 6.13. The van der Waals surface area contributed by atoms with Gasteiger partial charge in [-0.2, -0.15) is 0 Å². The molecule has 0 aliphatic carbocycles. The molecule has 2 amide bonds. The minimum absolute atomic E-state index is 0.177. The Bertz CT molecular complexity index is 794. The summed E-state index contributed by atoms with van der Waals surface area (Å²) in [7, 11) is 1.53. The zero-order valence-corrected chi connectivity index (χ0v) is 15.6. The van der Waals surface area contributed by atoms with Gasteiger partial charge in [0.2, 0.25) is 11.8 Å². The molecule has 2 aromatic carbocycles. The predicted molar refractivity (Wildman–Crippen MR) is 103 cm³/mol. The summed E-state index contributed by atoms with van der Waals surface area (Å²) in [6.45, 7) is 3.60. The quantitative estimate of drug-likeness (QED) is 0.665. The van der Waals surface area contributed by atoms with Crippen molar-refractivity contribution in [2.75, 3.05) is 24.3 Å². The SMILES string of the molecule is COc1ccc(NC(C)=O)cc1NC(C)C(=O)NCCc1ccc(F)cc1. The third kappa shape index (κ3) is 6.29. The van der Waals surface area contributed by atoms with E-state index in [-0.39, 0.29) is 17.6 Å². The molecule has 1 unspecified atom stereocenters. The molecule has 0 saturated carbocycles. The van der Waals surface area contributed by atoms with Crippen LogP contribution >= 0.6 is 0 Å². The number of carbonyl (C=O) groups excluding carboxylic acids is 2. The maximum Gasteiger partial charge on any atom is 0.242 e. The number of rotatable bonds is 8. The van der Waals surface area contributed by atoms with Gasteiger partial charge in [0.05, 0.1) is 12.8 Å². The van der Waals surface area contributed by atoms with Crippen LogP contribution < -0.4 is 20.7 Å². The summed E-state index contributed by atoms with van der Waals surface area (Å²) < 4.78 is 18.2. The predicted octanol–water partition coefficient (Wildman–Crippen LogP) is 2.95. The van der Waals surface area contributed by atoms with Crippen LogP contribution in [0.15, 0.2) is 42.5 Å². The van der Waals surface area contributed by atoms with Crippen molar-refractivity contribution >= 4 is 23.2 Å². The third-order valence-corrected chi connectivity index (χ3v) is 3.91. The Labute approximate surface area is 158 Å². The van der Waals surface area contributed by atoms with Crippen LogP contribution in [0.3, 0.4) is 0 Å². The van der Waals surface area contributed by atoms with E-state index >= 15 is 0 Å². The smallest absolute Gasteiger partial charge is 0.242 e. The average Bonchev–Trinajstić information content (AvgIpc) is 2.63. The first-order valence-corrected chi connectivity index (χ1v) is 8.63. The Morgan fingerprint density at radius 2 is 1.85 bits per heavy atom. The maximum atomic E-state index is 12.9. The first-order chi connectivity index (χ1) is 12.9. The van der Waals surface area contributed by atoms with E-state index in [2.05, 4.69) is 16.0 Å². The molecule has 2 aromatic rings. The van der Waals surface area contributed by atoms with Gasteiger partial charge in [-0.25, -0.2) is 4.39 Å². The standard InChI is InChI=1S/C20H24FN3O3/c1-13(20(26)22-11-10-15-4-6-16(21)7-5-15)23-18-12-17(24-14(2)25)8-9-19(18)27-3/h4-9,12-13,23H,10-11H2,1-3H3,(H,22,26)(H,24,25). The highest BCUT2D eigenvalue weighted by atomic mass is 19.1. The molecule has 144 valence electrons. The molecular weight excluding hydrogens is 349 g/mol. The zero-order valence-electron chi connectivity index (χ0n) is 15.6. The molecule has 0 fully saturated rings. The number of nitrogens with one attached hydrogen (secondary N) is 3. The molecule has 0 spiro atoms. The molecule has 0 saturated heterocycles. The molecule has 27 heavy (non-hydrogen) atoms. The minimum Gasteiger partial charge on any atom is -0.495 e. The fourth-order valence-electron chi connectivity index (χ4n) is 2.53. The Balaban J connectivity index is 1.92. The fraction of sp³-hybridized carbons (Fsp3) is 0.300. The summed E-state index contributed by atoms with van der Waals surface area (Å²) in [6, 6.07) is 10.8. The topological polar surface area (TPSA) is 79.5 Å². The number of amides is 2. The molecule has 1 atom stereocenters. The number of benzene rings is 2. The van der Waals surface area contributed by atoms with Crippen LogP contribution in [0, 0.1) is 5.82 Å². The molecule has 0 heterocycles. The van der Waals surface area contributed by atoms with Crippen molar-refractivity contribution < 1.29 is 18.7 Å². The average molecular weight is 373 g/mol. The Kier molecular flexibility index (Phi) is 7.16. The van der Waals surface area contributed by atoms with Gasteiger partial charge < -0.3 is 20.7 Å². The molecule has 0 aromatic heterocycles.